The van der Waals surface area contributed by atoms with Gasteiger partial charge in [0, 0.05) is 18.7 Å². The van der Waals surface area contributed by atoms with E-state index in [0.717, 1.165) is 42.4 Å². The predicted molar refractivity (Wildman–Crippen MR) is 111 cm³/mol. The molecule has 4 rings (SSSR count). The summed E-state index contributed by atoms with van der Waals surface area (Å²) >= 11 is 5.47. The van der Waals surface area contributed by atoms with Gasteiger partial charge in [0.2, 0.25) is 4.77 Å². The highest BCUT2D eigenvalue weighted by molar-refractivity contribution is 7.71. The third-order valence-electron chi connectivity index (χ3n) is 5.14. The van der Waals surface area contributed by atoms with E-state index in [1.165, 1.54) is 16.7 Å². The van der Waals surface area contributed by atoms with E-state index >= 15 is 0 Å². The van der Waals surface area contributed by atoms with Gasteiger partial charge >= 0.3 is 0 Å². The van der Waals surface area contributed by atoms with Crippen LogP contribution in [0.15, 0.2) is 36.4 Å². The fraction of sp³-hybridized carbons (Fsp3) is 0.333. The second-order valence-electron chi connectivity index (χ2n) is 7.07. The molecule has 0 atom stereocenters. The molecule has 6 nitrogen and oxygen atoms in total. The lowest BCUT2D eigenvalue weighted by Crippen LogP contribution is -2.32. The van der Waals surface area contributed by atoms with Gasteiger partial charge in [-0.25, -0.2) is 4.68 Å². The van der Waals surface area contributed by atoms with Crippen molar-refractivity contribution >= 4 is 12.2 Å². The van der Waals surface area contributed by atoms with Crippen molar-refractivity contribution in [2.75, 3.05) is 20.8 Å². The van der Waals surface area contributed by atoms with Crippen LogP contribution in [0.2, 0.25) is 0 Å². The number of benzene rings is 2. The van der Waals surface area contributed by atoms with Gasteiger partial charge in [-0.05, 0) is 48.8 Å². The molecule has 0 saturated carbocycles. The first kappa shape index (κ1) is 18.7. The number of nitrogens with zero attached hydrogens (tertiary/aromatic N) is 3. The maximum atomic E-state index is 5.47. The largest absolute Gasteiger partial charge is 0.493 e. The van der Waals surface area contributed by atoms with Gasteiger partial charge in [0.15, 0.2) is 17.3 Å². The van der Waals surface area contributed by atoms with Crippen molar-refractivity contribution < 1.29 is 9.47 Å². The van der Waals surface area contributed by atoms with Crippen molar-refractivity contribution in [1.82, 2.24) is 19.7 Å². The molecule has 0 radical (unpaired) electrons. The van der Waals surface area contributed by atoms with E-state index in [1.54, 1.807) is 14.2 Å². The summed E-state index contributed by atoms with van der Waals surface area (Å²) in [6.45, 7) is 4.52. The van der Waals surface area contributed by atoms with Crippen molar-refractivity contribution in [2.45, 2.75) is 26.6 Å². The van der Waals surface area contributed by atoms with Crippen LogP contribution >= 0.6 is 12.2 Å². The van der Waals surface area contributed by atoms with Crippen LogP contribution in [0.1, 0.15) is 16.7 Å². The topological polar surface area (TPSA) is 55.3 Å². The summed E-state index contributed by atoms with van der Waals surface area (Å²) in [6.07, 6.45) is 0.960. The molecule has 1 aliphatic heterocycles. The summed E-state index contributed by atoms with van der Waals surface area (Å²) in [5, 5.41) is 3.34. The minimum absolute atomic E-state index is 0.564. The first-order valence-electron chi connectivity index (χ1n) is 9.27. The number of hydrogen-bond donors (Lipinski definition) is 1. The van der Waals surface area contributed by atoms with Gasteiger partial charge in [0.25, 0.3) is 0 Å². The van der Waals surface area contributed by atoms with Crippen LogP contribution in [0.25, 0.3) is 11.4 Å². The highest BCUT2D eigenvalue weighted by atomic mass is 32.1. The molecule has 2 aromatic carbocycles. The Kier molecular flexibility index (Phi) is 5.19. The van der Waals surface area contributed by atoms with Crippen LogP contribution < -0.4 is 9.47 Å². The first-order chi connectivity index (χ1) is 13.6. The Morgan fingerprint density at radius 2 is 1.75 bits per heavy atom. The zero-order valence-corrected chi connectivity index (χ0v) is 17.2. The van der Waals surface area contributed by atoms with E-state index in [4.69, 9.17) is 21.7 Å². The van der Waals surface area contributed by atoms with Crippen molar-refractivity contribution in [3.05, 3.63) is 57.9 Å². The summed E-state index contributed by atoms with van der Waals surface area (Å²) in [4.78, 5) is 6.88. The molecule has 0 fully saturated rings. The van der Waals surface area contributed by atoms with Crippen LogP contribution in [0.3, 0.4) is 0 Å². The standard InChI is InChI=1S/C21H24N4O2S/c1-14-4-6-15(7-5-14)20-22-21(28)25(23-20)13-24-9-8-16-10-18(26-2)19(27-3)11-17(16)12-24/h4-7,10-11H,8-9,12-13H2,1-3H3,(H,22,23,28). The van der Waals surface area contributed by atoms with E-state index < -0.39 is 0 Å². The number of aryl methyl sites for hydroxylation is 1. The summed E-state index contributed by atoms with van der Waals surface area (Å²) in [7, 11) is 3.34. The van der Waals surface area contributed by atoms with Crippen LogP contribution in [0.4, 0.5) is 0 Å². The summed E-state index contributed by atoms with van der Waals surface area (Å²) < 4.78 is 13.4. The van der Waals surface area contributed by atoms with Crippen LogP contribution in [-0.2, 0) is 19.6 Å². The normalized spacial score (nSPS) is 14.0. The smallest absolute Gasteiger partial charge is 0.217 e. The second-order valence-corrected chi connectivity index (χ2v) is 7.43. The fourth-order valence-corrected chi connectivity index (χ4v) is 3.75. The Morgan fingerprint density at radius 3 is 2.43 bits per heavy atom. The number of aromatic nitrogens is 3. The van der Waals surface area contributed by atoms with Crippen molar-refractivity contribution in [3.63, 3.8) is 0 Å². The molecule has 146 valence electrons. The fourth-order valence-electron chi connectivity index (χ4n) is 3.56. The van der Waals surface area contributed by atoms with E-state index in [2.05, 4.69) is 58.3 Å². The van der Waals surface area contributed by atoms with Gasteiger partial charge in [-0.2, -0.15) is 4.98 Å². The number of ether oxygens (including phenoxy) is 2. The third kappa shape index (κ3) is 3.68. The Morgan fingerprint density at radius 1 is 1.07 bits per heavy atom. The second kappa shape index (κ2) is 7.77. The molecule has 1 N–H and O–H groups in total. The number of H-pyrrole nitrogens is 1. The molecular weight excluding hydrogens is 372 g/mol. The summed E-state index contributed by atoms with van der Waals surface area (Å²) in [5.74, 6) is 2.35. The average Bonchev–Trinajstić information content (AvgIpc) is 3.07. The first-order valence-corrected chi connectivity index (χ1v) is 9.68. The molecule has 0 spiro atoms. The van der Waals surface area contributed by atoms with Crippen molar-refractivity contribution in [1.29, 1.82) is 0 Å². The lowest BCUT2D eigenvalue weighted by Gasteiger charge is -2.29. The quantitative estimate of drug-likeness (QED) is 0.662. The Labute approximate surface area is 169 Å². The molecule has 0 saturated heterocycles. The number of aromatic amines is 1. The molecule has 0 unspecified atom stereocenters. The minimum Gasteiger partial charge on any atom is -0.493 e. The Balaban J connectivity index is 1.53. The van der Waals surface area contributed by atoms with Gasteiger partial charge in [-0.3, -0.25) is 10.00 Å². The minimum atomic E-state index is 0.564. The molecule has 7 heteroatoms. The van der Waals surface area contributed by atoms with Gasteiger partial charge < -0.3 is 9.47 Å². The van der Waals surface area contributed by atoms with E-state index in [9.17, 15) is 0 Å². The molecule has 1 aromatic heterocycles. The highest BCUT2D eigenvalue weighted by Gasteiger charge is 2.20. The molecule has 1 aliphatic rings. The maximum Gasteiger partial charge on any atom is 0.217 e. The highest BCUT2D eigenvalue weighted by Crippen LogP contribution is 2.33. The zero-order valence-electron chi connectivity index (χ0n) is 16.4. The van der Waals surface area contributed by atoms with Crippen LogP contribution in [0, 0.1) is 11.7 Å². The molecule has 3 aromatic rings. The molecular formula is C21H24N4O2S. The lowest BCUT2D eigenvalue weighted by atomic mass is 9.99. The molecule has 28 heavy (non-hydrogen) atoms. The Bertz CT molecular complexity index is 1040. The van der Waals surface area contributed by atoms with Gasteiger partial charge in [0.1, 0.15) is 0 Å². The lowest BCUT2D eigenvalue weighted by molar-refractivity contribution is 0.188. The maximum absolute atomic E-state index is 5.47. The van der Waals surface area contributed by atoms with E-state index in [-0.39, 0.29) is 0 Å². The summed E-state index contributed by atoms with van der Waals surface area (Å²) in [5.41, 5.74) is 4.83. The van der Waals surface area contributed by atoms with E-state index in [1.807, 2.05) is 4.68 Å². The monoisotopic (exact) mass is 396 g/mol. The van der Waals surface area contributed by atoms with Crippen LogP contribution in [0.5, 0.6) is 11.5 Å². The zero-order chi connectivity index (χ0) is 19.7. The summed E-state index contributed by atoms with van der Waals surface area (Å²) in [6, 6.07) is 12.4. The van der Waals surface area contributed by atoms with Gasteiger partial charge in [0.05, 0.1) is 20.9 Å². The number of hydrogen-bond acceptors (Lipinski definition) is 5. The van der Waals surface area contributed by atoms with Gasteiger partial charge in [-0.15, -0.1) is 0 Å². The molecule has 2 heterocycles. The number of rotatable bonds is 5. The van der Waals surface area contributed by atoms with Crippen molar-refractivity contribution in [3.8, 4) is 22.9 Å². The molecule has 0 bridgehead atoms. The predicted octanol–water partition coefficient (Wildman–Crippen LogP) is 3.95. The van der Waals surface area contributed by atoms with Crippen LogP contribution in [-0.4, -0.2) is 40.4 Å². The number of methoxy groups -OCH3 is 2. The number of fused-ring (bicyclic) bond motifs is 1. The van der Waals surface area contributed by atoms with Crippen molar-refractivity contribution in [2.24, 2.45) is 0 Å². The van der Waals surface area contributed by atoms with E-state index in [0.29, 0.717) is 11.4 Å². The Hall–Kier alpha value is -2.64. The average molecular weight is 397 g/mol. The number of nitrogens with one attached hydrogen (secondary N) is 1. The van der Waals surface area contributed by atoms with Gasteiger partial charge in [-0.1, -0.05) is 29.8 Å². The SMILES string of the molecule is COc1cc2c(cc1OC)CN(Cn1[nH]c(-c3ccc(C)cc3)nc1=S)CC2. The molecule has 0 aliphatic carbocycles. The third-order valence-corrected chi connectivity index (χ3v) is 5.45. The molecule has 0 amide bonds.